The van der Waals surface area contributed by atoms with Gasteiger partial charge in [0.1, 0.15) is 6.54 Å². The van der Waals surface area contributed by atoms with Crippen LogP contribution in [0, 0.1) is 0 Å². The molecule has 1 saturated heterocycles. The predicted octanol–water partition coefficient (Wildman–Crippen LogP) is 2.70. The van der Waals surface area contributed by atoms with E-state index >= 15 is 0 Å². The number of hydrogen-bond acceptors (Lipinski definition) is 4. The van der Waals surface area contributed by atoms with Crippen molar-refractivity contribution in [1.29, 1.82) is 0 Å². The lowest BCUT2D eigenvalue weighted by atomic mass is 9.83. The molecule has 6 amide bonds. The Morgan fingerprint density at radius 1 is 0.794 bits per heavy atom. The van der Waals surface area contributed by atoms with Crippen molar-refractivity contribution in [2.75, 3.05) is 6.54 Å². The van der Waals surface area contributed by atoms with Crippen molar-refractivity contribution < 1.29 is 19.2 Å². The number of rotatable bonds is 7. The van der Waals surface area contributed by atoms with Gasteiger partial charge in [-0.1, -0.05) is 91.0 Å². The van der Waals surface area contributed by atoms with E-state index in [2.05, 4.69) is 16.0 Å². The summed E-state index contributed by atoms with van der Waals surface area (Å²) < 4.78 is 0. The van der Waals surface area contributed by atoms with Crippen LogP contribution in [0.4, 0.5) is 9.59 Å². The van der Waals surface area contributed by atoms with Crippen LogP contribution in [-0.2, 0) is 28.1 Å². The summed E-state index contributed by atoms with van der Waals surface area (Å²) in [5.41, 5.74) is 0.982. The third-order valence-corrected chi connectivity index (χ3v) is 5.60. The van der Waals surface area contributed by atoms with Crippen LogP contribution in [0.25, 0.3) is 0 Å². The zero-order chi connectivity index (χ0) is 24.0. The molecule has 0 saturated carbocycles. The molecule has 0 unspecified atom stereocenters. The molecule has 0 aliphatic carbocycles. The molecule has 3 aromatic carbocycles. The summed E-state index contributed by atoms with van der Waals surface area (Å²) in [7, 11) is 0. The molecule has 172 valence electrons. The van der Waals surface area contributed by atoms with Crippen molar-refractivity contribution >= 4 is 23.9 Å². The Bertz CT molecular complexity index is 1190. The molecule has 4 rings (SSSR count). The molecule has 3 N–H and O–H groups in total. The van der Waals surface area contributed by atoms with Gasteiger partial charge in [0.05, 0.1) is 0 Å². The summed E-state index contributed by atoms with van der Waals surface area (Å²) in [5.74, 6) is -1.31. The summed E-state index contributed by atoms with van der Waals surface area (Å²) in [5, 5.41) is 7.54. The molecule has 8 nitrogen and oxygen atoms in total. The van der Waals surface area contributed by atoms with E-state index in [-0.39, 0.29) is 13.0 Å². The van der Waals surface area contributed by atoms with Gasteiger partial charge in [0.2, 0.25) is 5.91 Å². The Balaban J connectivity index is 1.46. The lowest BCUT2D eigenvalue weighted by Gasteiger charge is -2.27. The Kier molecular flexibility index (Phi) is 6.68. The van der Waals surface area contributed by atoms with Gasteiger partial charge in [-0.15, -0.1) is 0 Å². The lowest BCUT2D eigenvalue weighted by Crippen LogP contribution is -2.48. The van der Waals surface area contributed by atoms with E-state index in [1.807, 2.05) is 66.7 Å². The summed E-state index contributed by atoms with van der Waals surface area (Å²) in [6.45, 7) is -0.343. The van der Waals surface area contributed by atoms with Crippen LogP contribution < -0.4 is 16.0 Å². The van der Waals surface area contributed by atoms with Crippen LogP contribution >= 0.6 is 0 Å². The number of nitrogens with one attached hydrogen (secondary N) is 3. The second kappa shape index (κ2) is 9.99. The molecular formula is C26H24N4O4. The van der Waals surface area contributed by atoms with Crippen molar-refractivity contribution in [1.82, 2.24) is 20.9 Å². The third-order valence-electron chi connectivity index (χ3n) is 5.60. The molecule has 34 heavy (non-hydrogen) atoms. The molecule has 8 heteroatoms. The summed E-state index contributed by atoms with van der Waals surface area (Å²) in [6, 6.07) is 26.1. The fourth-order valence-electron chi connectivity index (χ4n) is 3.94. The molecule has 1 heterocycles. The molecular weight excluding hydrogens is 432 g/mol. The van der Waals surface area contributed by atoms with E-state index in [1.54, 1.807) is 24.3 Å². The number of hydrogen-bond donors (Lipinski definition) is 3. The highest BCUT2D eigenvalue weighted by Crippen LogP contribution is 2.32. The number of carbonyl (C=O) groups is 4. The molecule has 3 aromatic rings. The minimum absolute atomic E-state index is 0.220. The van der Waals surface area contributed by atoms with Crippen molar-refractivity contribution in [3.8, 4) is 0 Å². The Morgan fingerprint density at radius 3 is 1.97 bits per heavy atom. The first-order valence-electron chi connectivity index (χ1n) is 10.8. The number of nitrogens with zero attached hydrogens (tertiary/aromatic N) is 1. The standard InChI is InChI=1S/C26H24N4O4/c31-22(28-24(33)27-17-20-12-6-2-7-13-20)18-30-23(32)26(29-25(30)34,21-14-8-3-9-15-21)16-19-10-4-1-5-11-19/h1-15H,16-18H2,(H,29,34)(H2,27,28,31,33)/t26-/m0/s1. The minimum Gasteiger partial charge on any atom is -0.334 e. The number of benzene rings is 3. The smallest absolute Gasteiger partial charge is 0.325 e. The lowest BCUT2D eigenvalue weighted by molar-refractivity contribution is -0.135. The molecule has 1 atom stereocenters. The first-order valence-corrected chi connectivity index (χ1v) is 10.8. The summed E-state index contributed by atoms with van der Waals surface area (Å²) in [4.78, 5) is 51.8. The average molecular weight is 457 g/mol. The van der Waals surface area contributed by atoms with Crippen LogP contribution in [0.1, 0.15) is 16.7 Å². The molecule has 1 fully saturated rings. The topological polar surface area (TPSA) is 108 Å². The SMILES string of the molecule is O=C(CN1C(=O)N[C@@](Cc2ccccc2)(c2ccccc2)C1=O)NC(=O)NCc1ccccc1. The fourth-order valence-corrected chi connectivity index (χ4v) is 3.94. The molecule has 0 bridgehead atoms. The maximum Gasteiger partial charge on any atom is 0.325 e. The first-order chi connectivity index (χ1) is 16.5. The Labute approximate surface area is 197 Å². The van der Waals surface area contributed by atoms with E-state index in [0.29, 0.717) is 5.56 Å². The zero-order valence-corrected chi connectivity index (χ0v) is 18.4. The average Bonchev–Trinajstić information content (AvgIpc) is 3.09. The van der Waals surface area contributed by atoms with E-state index in [0.717, 1.165) is 16.0 Å². The van der Waals surface area contributed by atoms with Crippen molar-refractivity contribution in [2.45, 2.75) is 18.5 Å². The highest BCUT2D eigenvalue weighted by atomic mass is 16.2. The van der Waals surface area contributed by atoms with Crippen LogP contribution in [-0.4, -0.2) is 35.3 Å². The van der Waals surface area contributed by atoms with Crippen molar-refractivity contribution in [2.24, 2.45) is 0 Å². The number of carbonyl (C=O) groups excluding carboxylic acids is 4. The van der Waals surface area contributed by atoms with Crippen molar-refractivity contribution in [3.05, 3.63) is 108 Å². The van der Waals surface area contributed by atoms with Crippen LogP contribution in [0.2, 0.25) is 0 Å². The van der Waals surface area contributed by atoms with Gasteiger partial charge >= 0.3 is 12.1 Å². The molecule has 0 spiro atoms. The van der Waals surface area contributed by atoms with Gasteiger partial charge in [0.25, 0.3) is 5.91 Å². The maximum absolute atomic E-state index is 13.5. The van der Waals surface area contributed by atoms with Gasteiger partial charge in [0.15, 0.2) is 5.54 Å². The van der Waals surface area contributed by atoms with Gasteiger partial charge < -0.3 is 10.6 Å². The largest absolute Gasteiger partial charge is 0.334 e. The van der Waals surface area contributed by atoms with Crippen LogP contribution in [0.3, 0.4) is 0 Å². The van der Waals surface area contributed by atoms with Gasteiger partial charge in [-0.05, 0) is 16.7 Å². The maximum atomic E-state index is 13.5. The molecule has 0 aromatic heterocycles. The third kappa shape index (κ3) is 4.96. The minimum atomic E-state index is -1.35. The number of imide groups is 2. The number of urea groups is 2. The normalized spacial score (nSPS) is 17.2. The summed E-state index contributed by atoms with van der Waals surface area (Å²) >= 11 is 0. The number of amides is 6. The molecule has 0 radical (unpaired) electrons. The van der Waals surface area contributed by atoms with Gasteiger partial charge in [0, 0.05) is 13.0 Å². The predicted molar refractivity (Wildman–Crippen MR) is 125 cm³/mol. The fraction of sp³-hybridized carbons (Fsp3) is 0.154. The van der Waals surface area contributed by atoms with Gasteiger partial charge in [-0.25, -0.2) is 9.59 Å². The zero-order valence-electron chi connectivity index (χ0n) is 18.4. The second-order valence-corrected chi connectivity index (χ2v) is 7.97. The van der Waals surface area contributed by atoms with E-state index in [9.17, 15) is 19.2 Å². The highest BCUT2D eigenvalue weighted by molar-refractivity contribution is 6.10. The monoisotopic (exact) mass is 456 g/mol. The van der Waals surface area contributed by atoms with E-state index in [4.69, 9.17) is 0 Å². The van der Waals surface area contributed by atoms with Crippen molar-refractivity contribution in [3.63, 3.8) is 0 Å². The first kappa shape index (κ1) is 22.7. The van der Waals surface area contributed by atoms with E-state index in [1.165, 1.54) is 0 Å². The van der Waals surface area contributed by atoms with Gasteiger partial charge in [-0.2, -0.15) is 0 Å². The molecule has 1 aliphatic heterocycles. The van der Waals surface area contributed by atoms with Gasteiger partial charge in [-0.3, -0.25) is 19.8 Å². The Hall–Kier alpha value is -4.46. The summed E-state index contributed by atoms with van der Waals surface area (Å²) in [6.07, 6.45) is 0.220. The van der Waals surface area contributed by atoms with Crippen LogP contribution in [0.15, 0.2) is 91.0 Å². The quantitative estimate of drug-likeness (QED) is 0.475. The van der Waals surface area contributed by atoms with E-state index < -0.39 is 36.0 Å². The second-order valence-electron chi connectivity index (χ2n) is 7.97. The Morgan fingerprint density at radius 2 is 1.35 bits per heavy atom. The highest BCUT2D eigenvalue weighted by Gasteiger charge is 2.52. The molecule has 1 aliphatic rings. The van der Waals surface area contributed by atoms with Crippen LogP contribution in [0.5, 0.6) is 0 Å².